The van der Waals surface area contributed by atoms with Crippen LogP contribution in [0.3, 0.4) is 0 Å². The monoisotopic (exact) mass is 338 g/mol. The van der Waals surface area contributed by atoms with Gasteiger partial charge in [0.15, 0.2) is 0 Å². The van der Waals surface area contributed by atoms with Gasteiger partial charge in [-0.3, -0.25) is 4.79 Å². The normalized spacial score (nSPS) is 12.1. The molecule has 0 radical (unpaired) electrons. The number of rotatable bonds is 5. The average molecular weight is 339 g/mol. The summed E-state index contributed by atoms with van der Waals surface area (Å²) in [6.07, 6.45) is 0.554. The average Bonchev–Trinajstić information content (AvgIpc) is 2.82. The molecule has 1 aromatic carbocycles. The summed E-state index contributed by atoms with van der Waals surface area (Å²) in [6, 6.07) is 11.2. The number of benzene rings is 1. The van der Waals surface area contributed by atoms with E-state index in [1.165, 1.54) is 0 Å². The zero-order valence-electron chi connectivity index (χ0n) is 10.3. The van der Waals surface area contributed by atoms with Gasteiger partial charge < -0.3 is 11.1 Å². The van der Waals surface area contributed by atoms with Crippen LogP contribution in [0.25, 0.3) is 0 Å². The molecule has 100 valence electrons. The maximum absolute atomic E-state index is 11.9. The van der Waals surface area contributed by atoms with Gasteiger partial charge in [-0.2, -0.15) is 0 Å². The molecule has 0 fully saturated rings. The molecule has 2 rings (SSSR count). The van der Waals surface area contributed by atoms with Crippen LogP contribution in [0.1, 0.15) is 10.4 Å². The fourth-order valence-corrected chi connectivity index (χ4v) is 3.14. The van der Waals surface area contributed by atoms with Crippen LogP contribution in [0, 0.1) is 0 Å². The summed E-state index contributed by atoms with van der Waals surface area (Å²) in [5.41, 5.74) is 6.98. The lowest BCUT2D eigenvalue weighted by Crippen LogP contribution is -2.41. The summed E-state index contributed by atoms with van der Waals surface area (Å²) in [5, 5.41) is 4.84. The highest BCUT2D eigenvalue weighted by atomic mass is 79.9. The quantitative estimate of drug-likeness (QED) is 0.880. The first-order valence-electron chi connectivity index (χ1n) is 5.96. The van der Waals surface area contributed by atoms with E-state index in [-0.39, 0.29) is 5.91 Å². The van der Waals surface area contributed by atoms with E-state index in [9.17, 15) is 4.79 Å². The molecular formula is C14H15BrN2OS. The van der Waals surface area contributed by atoms with E-state index in [0.29, 0.717) is 13.0 Å². The molecule has 0 bridgehead atoms. The van der Waals surface area contributed by atoms with Gasteiger partial charge in [0.05, 0.1) is 12.6 Å². The molecule has 19 heavy (non-hydrogen) atoms. The van der Waals surface area contributed by atoms with E-state index in [2.05, 4.69) is 21.2 Å². The van der Waals surface area contributed by atoms with E-state index in [4.69, 9.17) is 5.73 Å². The Morgan fingerprint density at radius 2 is 2.05 bits per heavy atom. The molecular weight excluding hydrogens is 324 g/mol. The number of carbonyl (C=O) groups is 1. The number of nitrogens with one attached hydrogen (secondary N) is 1. The van der Waals surface area contributed by atoms with Crippen LogP contribution in [0.5, 0.6) is 0 Å². The van der Waals surface area contributed by atoms with Crippen molar-refractivity contribution >= 4 is 33.2 Å². The van der Waals surface area contributed by atoms with Crippen LogP contribution in [0.2, 0.25) is 0 Å². The molecule has 0 unspecified atom stereocenters. The second-order valence-corrected chi connectivity index (χ2v) is 6.06. The lowest BCUT2D eigenvalue weighted by Gasteiger charge is -2.12. The van der Waals surface area contributed by atoms with Gasteiger partial charge in [0.1, 0.15) is 0 Å². The first kappa shape index (κ1) is 14.2. The summed E-state index contributed by atoms with van der Waals surface area (Å²) in [5.74, 6) is -0.121. The lowest BCUT2D eigenvalue weighted by molar-refractivity contribution is -0.122. The number of halogens is 1. The van der Waals surface area contributed by atoms with Crippen molar-refractivity contribution in [3.05, 3.63) is 56.7 Å². The second-order valence-electron chi connectivity index (χ2n) is 4.21. The van der Waals surface area contributed by atoms with Crippen molar-refractivity contribution in [2.24, 2.45) is 5.73 Å². The van der Waals surface area contributed by atoms with Crippen LogP contribution < -0.4 is 11.1 Å². The fourth-order valence-electron chi connectivity index (χ4n) is 1.71. The van der Waals surface area contributed by atoms with E-state index in [1.807, 2.05) is 41.8 Å². The molecule has 3 nitrogen and oxygen atoms in total. The Balaban J connectivity index is 1.84. The zero-order valence-corrected chi connectivity index (χ0v) is 12.7. The largest absolute Gasteiger partial charge is 0.350 e. The van der Waals surface area contributed by atoms with Crippen molar-refractivity contribution in [1.82, 2.24) is 5.32 Å². The zero-order chi connectivity index (χ0) is 13.7. The summed E-state index contributed by atoms with van der Waals surface area (Å²) < 4.78 is 1.02. The van der Waals surface area contributed by atoms with Crippen molar-refractivity contribution in [2.45, 2.75) is 19.0 Å². The number of thiophene rings is 1. The van der Waals surface area contributed by atoms with Crippen molar-refractivity contribution in [2.75, 3.05) is 0 Å². The molecule has 1 amide bonds. The molecule has 0 spiro atoms. The van der Waals surface area contributed by atoms with E-state index in [1.54, 1.807) is 11.3 Å². The third kappa shape index (κ3) is 4.16. The van der Waals surface area contributed by atoms with Gasteiger partial charge in [0, 0.05) is 9.35 Å². The van der Waals surface area contributed by atoms with Gasteiger partial charge in [0.25, 0.3) is 0 Å². The molecule has 1 aromatic heterocycles. The Morgan fingerprint density at radius 1 is 1.32 bits per heavy atom. The minimum atomic E-state index is -0.513. The molecule has 0 aliphatic carbocycles. The topological polar surface area (TPSA) is 55.1 Å². The van der Waals surface area contributed by atoms with Crippen molar-refractivity contribution in [3.63, 3.8) is 0 Å². The molecule has 2 aromatic rings. The highest BCUT2D eigenvalue weighted by Crippen LogP contribution is 2.22. The number of amides is 1. The summed E-state index contributed by atoms with van der Waals surface area (Å²) >= 11 is 5.04. The highest BCUT2D eigenvalue weighted by Gasteiger charge is 2.14. The van der Waals surface area contributed by atoms with E-state index in [0.717, 1.165) is 14.9 Å². The number of hydrogen-bond donors (Lipinski definition) is 2. The highest BCUT2D eigenvalue weighted by molar-refractivity contribution is 9.10. The first-order valence-corrected chi connectivity index (χ1v) is 7.63. The van der Waals surface area contributed by atoms with Crippen LogP contribution in [-0.4, -0.2) is 11.9 Å². The fraction of sp³-hybridized carbons (Fsp3) is 0.214. The molecule has 1 atom stereocenters. The van der Waals surface area contributed by atoms with Gasteiger partial charge in [-0.15, -0.1) is 11.3 Å². The van der Waals surface area contributed by atoms with Crippen molar-refractivity contribution < 1.29 is 4.79 Å². The van der Waals surface area contributed by atoms with Crippen LogP contribution in [0.4, 0.5) is 0 Å². The Labute approximate surface area is 125 Å². The Bertz CT molecular complexity index is 541. The SMILES string of the molecule is N[C@@H](Cc1ccccc1)C(=O)NCc1sccc1Br. The second kappa shape index (κ2) is 6.84. The predicted molar refractivity (Wildman–Crippen MR) is 82.0 cm³/mol. The molecule has 0 aliphatic rings. The van der Waals surface area contributed by atoms with Gasteiger partial charge in [-0.05, 0) is 39.4 Å². The molecule has 5 heteroatoms. The van der Waals surface area contributed by atoms with Gasteiger partial charge in [0.2, 0.25) is 5.91 Å². The smallest absolute Gasteiger partial charge is 0.237 e. The maximum Gasteiger partial charge on any atom is 0.237 e. The van der Waals surface area contributed by atoms with Gasteiger partial charge in [-0.25, -0.2) is 0 Å². The number of carbonyl (C=O) groups excluding carboxylic acids is 1. The van der Waals surface area contributed by atoms with Gasteiger partial charge in [-0.1, -0.05) is 30.3 Å². The molecule has 1 heterocycles. The van der Waals surface area contributed by atoms with Crippen molar-refractivity contribution in [3.8, 4) is 0 Å². The molecule has 0 aliphatic heterocycles. The third-order valence-corrected chi connectivity index (χ3v) is 4.68. The Hall–Kier alpha value is -1.17. The maximum atomic E-state index is 11.9. The number of nitrogens with two attached hydrogens (primary N) is 1. The number of hydrogen-bond acceptors (Lipinski definition) is 3. The standard InChI is InChI=1S/C14H15BrN2OS/c15-11-6-7-19-13(11)9-17-14(18)12(16)8-10-4-2-1-3-5-10/h1-7,12H,8-9,16H2,(H,17,18)/t12-/m0/s1. The summed E-state index contributed by atoms with van der Waals surface area (Å²) in [7, 11) is 0. The Kier molecular flexibility index (Phi) is 5.13. The van der Waals surface area contributed by atoms with Crippen LogP contribution >= 0.6 is 27.3 Å². The summed E-state index contributed by atoms with van der Waals surface area (Å²) in [4.78, 5) is 13.0. The van der Waals surface area contributed by atoms with Crippen molar-refractivity contribution in [1.29, 1.82) is 0 Å². The molecule has 0 saturated carbocycles. The van der Waals surface area contributed by atoms with Crippen LogP contribution in [-0.2, 0) is 17.8 Å². The molecule has 0 saturated heterocycles. The first-order chi connectivity index (χ1) is 9.16. The predicted octanol–water partition coefficient (Wildman–Crippen LogP) is 2.70. The van der Waals surface area contributed by atoms with E-state index < -0.39 is 6.04 Å². The third-order valence-electron chi connectivity index (χ3n) is 2.75. The summed E-state index contributed by atoms with van der Waals surface area (Å²) in [6.45, 7) is 0.513. The van der Waals surface area contributed by atoms with Crippen LogP contribution in [0.15, 0.2) is 46.3 Å². The van der Waals surface area contributed by atoms with E-state index >= 15 is 0 Å². The lowest BCUT2D eigenvalue weighted by atomic mass is 10.1. The minimum absolute atomic E-state index is 0.121. The van der Waals surface area contributed by atoms with Gasteiger partial charge >= 0.3 is 0 Å². The Morgan fingerprint density at radius 3 is 2.68 bits per heavy atom. The minimum Gasteiger partial charge on any atom is -0.350 e. The molecule has 3 N–H and O–H groups in total.